The summed E-state index contributed by atoms with van der Waals surface area (Å²) >= 11 is 0. The lowest BCUT2D eigenvalue weighted by molar-refractivity contribution is -0.193. The van der Waals surface area contributed by atoms with Crippen LogP contribution < -0.4 is 10.6 Å². The van der Waals surface area contributed by atoms with Crippen LogP contribution in [0.1, 0.15) is 118 Å². The summed E-state index contributed by atoms with van der Waals surface area (Å²) in [6, 6.07) is -1.36. The van der Waals surface area contributed by atoms with E-state index in [0.717, 1.165) is 57.8 Å². The van der Waals surface area contributed by atoms with E-state index in [1.807, 2.05) is 0 Å². The maximum absolute atomic E-state index is 14.3. The van der Waals surface area contributed by atoms with Gasteiger partial charge in [0.25, 0.3) is 0 Å². The first kappa shape index (κ1) is 42.8. The number of ether oxygens (including phenoxy) is 1. The summed E-state index contributed by atoms with van der Waals surface area (Å²) in [5.41, 5.74) is 0.296. The second kappa shape index (κ2) is 18.0. The number of methoxy groups -OCH3 is 1. The molecule has 7 aliphatic rings. The fourth-order valence-electron chi connectivity index (χ4n) is 12.7. The molecule has 6 saturated carbocycles. The summed E-state index contributed by atoms with van der Waals surface area (Å²) in [6.07, 6.45) is 11.6. The number of amides is 2. The molecule has 0 spiro atoms. The van der Waals surface area contributed by atoms with Crippen molar-refractivity contribution in [2.24, 2.45) is 58.7 Å². The number of carbonyl (C=O) groups excluding carboxylic acids is 2. The quantitative estimate of drug-likeness (QED) is 0.171. The van der Waals surface area contributed by atoms with Crippen LogP contribution in [-0.2, 0) is 24.0 Å². The Bertz CT molecular complexity index is 1320. The van der Waals surface area contributed by atoms with Crippen LogP contribution in [0.5, 0.6) is 0 Å². The molecule has 55 heavy (non-hydrogen) atoms. The van der Waals surface area contributed by atoms with Crippen LogP contribution in [0, 0.1) is 58.7 Å². The molecule has 1 aliphatic heterocycles. The molecule has 7 unspecified atom stereocenters. The molecule has 5 N–H and O–H groups in total. The van der Waals surface area contributed by atoms with Gasteiger partial charge in [-0.25, -0.2) is 4.79 Å². The fraction of sp³-hybridized carbons (Fsp3) is 0.930. The fourth-order valence-corrected chi connectivity index (χ4v) is 12.7. The van der Waals surface area contributed by atoms with Crippen molar-refractivity contribution < 1.29 is 39.3 Å². The Balaban J connectivity index is 1.15. The molecule has 7 rings (SSSR count). The maximum atomic E-state index is 14.3. The van der Waals surface area contributed by atoms with Crippen LogP contribution >= 0.6 is 0 Å². The average Bonchev–Trinajstić information content (AvgIpc) is 3.53. The van der Waals surface area contributed by atoms with Gasteiger partial charge in [-0.3, -0.25) is 14.4 Å². The largest absolute Gasteiger partial charge is 0.480 e. The monoisotopic (exact) mass is 775 g/mol. The number of rotatable bonds is 14. The predicted octanol–water partition coefficient (Wildman–Crippen LogP) is 4.46. The van der Waals surface area contributed by atoms with Crippen molar-refractivity contribution in [1.29, 1.82) is 0 Å². The lowest BCUT2D eigenvalue weighted by Gasteiger charge is -2.62. The standard InChI is InChI=1S/C43H74N4O8/c1-24-33-20-30(43(33,3)4)21-34(24)44-41(51)38-37(25(2)49)36(23-48)55-47(38)22-27-14-11-15-32(39(27)54-7)28-17-29(19-31(18-28)46(5)6)40(50)45-35(42(52)53)16-26-12-9-8-10-13-26/h24-39,48-49H,8-23H2,1-7H3,(H,44,51)(H,45,50)(H,52,53)/t24-,25-,27?,28?,29?,30+,31?,32?,33-,34-,35?,36-,37+,38-,39?/m0/s1. The number of nitrogens with zero attached hydrogens (tertiary/aromatic N) is 2. The molecule has 6 aliphatic carbocycles. The van der Waals surface area contributed by atoms with Gasteiger partial charge in [0.1, 0.15) is 18.2 Å². The van der Waals surface area contributed by atoms with E-state index in [-0.39, 0.29) is 60.3 Å². The Morgan fingerprint density at radius 3 is 2.31 bits per heavy atom. The Morgan fingerprint density at radius 2 is 1.71 bits per heavy atom. The number of carboxylic acid groups (broad SMARTS) is 1. The molecule has 15 atom stereocenters. The highest BCUT2D eigenvalue weighted by Crippen LogP contribution is 2.61. The smallest absolute Gasteiger partial charge is 0.326 e. The predicted molar refractivity (Wildman–Crippen MR) is 209 cm³/mol. The van der Waals surface area contributed by atoms with Gasteiger partial charge >= 0.3 is 5.97 Å². The third-order valence-electron chi connectivity index (χ3n) is 16.1. The maximum Gasteiger partial charge on any atom is 0.326 e. The molecule has 12 nitrogen and oxygen atoms in total. The number of aliphatic hydroxyl groups is 2. The highest BCUT2D eigenvalue weighted by atomic mass is 16.7. The third kappa shape index (κ3) is 9.09. The molecule has 1 saturated heterocycles. The molecule has 2 bridgehead atoms. The first-order valence-corrected chi connectivity index (χ1v) is 21.9. The number of aliphatic hydroxyl groups excluding tert-OH is 2. The number of aliphatic carboxylic acids is 1. The summed E-state index contributed by atoms with van der Waals surface area (Å²) in [4.78, 5) is 49.2. The van der Waals surface area contributed by atoms with Crippen molar-refractivity contribution in [2.45, 2.75) is 160 Å². The zero-order valence-corrected chi connectivity index (χ0v) is 34.8. The van der Waals surface area contributed by atoms with Crippen molar-refractivity contribution in [3.63, 3.8) is 0 Å². The number of nitrogens with one attached hydrogen (secondary N) is 2. The molecule has 7 fully saturated rings. The molecule has 2 amide bonds. The van der Waals surface area contributed by atoms with E-state index in [9.17, 15) is 29.7 Å². The Morgan fingerprint density at radius 1 is 0.982 bits per heavy atom. The van der Waals surface area contributed by atoms with E-state index >= 15 is 0 Å². The van der Waals surface area contributed by atoms with Crippen LogP contribution in [0.25, 0.3) is 0 Å². The lowest BCUT2D eigenvalue weighted by atomic mass is 9.45. The minimum absolute atomic E-state index is 0.0343. The summed E-state index contributed by atoms with van der Waals surface area (Å²) in [5.74, 6) is 0.161. The van der Waals surface area contributed by atoms with Gasteiger partial charge in [-0.05, 0) is 113 Å². The molecule has 314 valence electrons. The van der Waals surface area contributed by atoms with Crippen molar-refractivity contribution in [2.75, 3.05) is 34.4 Å². The van der Waals surface area contributed by atoms with Gasteiger partial charge in [-0.1, -0.05) is 59.3 Å². The van der Waals surface area contributed by atoms with Crippen LogP contribution in [0.4, 0.5) is 0 Å². The topological polar surface area (TPSA) is 161 Å². The molecular weight excluding hydrogens is 700 g/mol. The first-order valence-electron chi connectivity index (χ1n) is 21.9. The first-order chi connectivity index (χ1) is 26.1. The molecule has 0 aromatic rings. The Hall–Kier alpha value is -1.83. The molecule has 12 heteroatoms. The van der Waals surface area contributed by atoms with Gasteiger partial charge in [0.2, 0.25) is 11.8 Å². The zero-order chi connectivity index (χ0) is 39.8. The number of carboxylic acids is 1. The van der Waals surface area contributed by atoms with Crippen LogP contribution in [0.15, 0.2) is 0 Å². The van der Waals surface area contributed by atoms with Crippen molar-refractivity contribution in [3.8, 4) is 0 Å². The lowest BCUT2D eigenvalue weighted by Crippen LogP contribution is -2.62. The van der Waals surface area contributed by atoms with Gasteiger partial charge in [0.05, 0.1) is 18.8 Å². The number of carbonyl (C=O) groups is 3. The van der Waals surface area contributed by atoms with Crippen molar-refractivity contribution in [1.82, 2.24) is 20.6 Å². The minimum atomic E-state index is -0.948. The molecule has 0 aromatic carbocycles. The normalized spacial score (nSPS) is 40.6. The van der Waals surface area contributed by atoms with E-state index in [1.165, 1.54) is 12.8 Å². The Kier molecular flexibility index (Phi) is 14.0. The Labute approximate surface area is 330 Å². The second-order valence-corrected chi connectivity index (χ2v) is 19.7. The molecule has 0 aromatic heterocycles. The van der Waals surface area contributed by atoms with E-state index in [1.54, 1.807) is 19.1 Å². The number of hydrogen-bond acceptors (Lipinski definition) is 9. The van der Waals surface area contributed by atoms with Crippen LogP contribution in [0.2, 0.25) is 0 Å². The number of hydrogen-bond donors (Lipinski definition) is 5. The van der Waals surface area contributed by atoms with Gasteiger partial charge < -0.3 is 35.6 Å². The van der Waals surface area contributed by atoms with E-state index in [0.29, 0.717) is 54.9 Å². The average molecular weight is 775 g/mol. The second-order valence-electron chi connectivity index (χ2n) is 19.7. The van der Waals surface area contributed by atoms with Gasteiger partial charge in [0.15, 0.2) is 0 Å². The summed E-state index contributed by atoms with van der Waals surface area (Å²) < 4.78 is 6.37. The summed E-state index contributed by atoms with van der Waals surface area (Å²) in [6.45, 7) is 8.77. The highest BCUT2D eigenvalue weighted by molar-refractivity contribution is 5.85. The zero-order valence-electron chi connectivity index (χ0n) is 34.8. The van der Waals surface area contributed by atoms with E-state index < -0.39 is 36.2 Å². The third-order valence-corrected chi connectivity index (χ3v) is 16.1. The molecule has 0 radical (unpaired) electrons. The number of hydroxylamine groups is 2. The SMILES string of the molecule is COC1C(CN2O[C@@H](CO)[C@@H]([C@H](C)O)[C@H]2C(=O)N[C@H]2C[C@H]3C[C@@H]([C@@H]2C)C3(C)C)CCCC1C1CC(C(=O)NC(CC2CCCCC2)C(=O)O)CC(N(C)C)C1. The van der Waals surface area contributed by atoms with Gasteiger partial charge in [-0.2, -0.15) is 5.06 Å². The van der Waals surface area contributed by atoms with Gasteiger partial charge in [0, 0.05) is 43.5 Å². The van der Waals surface area contributed by atoms with Gasteiger partial charge in [-0.15, -0.1) is 0 Å². The van der Waals surface area contributed by atoms with Crippen LogP contribution in [0.3, 0.4) is 0 Å². The minimum Gasteiger partial charge on any atom is -0.480 e. The summed E-state index contributed by atoms with van der Waals surface area (Å²) in [5, 5.41) is 39.6. The van der Waals surface area contributed by atoms with E-state index in [2.05, 4.69) is 50.4 Å². The van der Waals surface area contributed by atoms with Crippen LogP contribution in [-0.4, -0.2) is 120 Å². The van der Waals surface area contributed by atoms with Crippen molar-refractivity contribution in [3.05, 3.63) is 0 Å². The van der Waals surface area contributed by atoms with Crippen molar-refractivity contribution >= 4 is 17.8 Å². The highest BCUT2D eigenvalue weighted by Gasteiger charge is 2.58. The molecular formula is C43H74N4O8. The summed E-state index contributed by atoms with van der Waals surface area (Å²) in [7, 11) is 5.88. The van der Waals surface area contributed by atoms with E-state index in [4.69, 9.17) is 9.57 Å². The number of fused-ring (bicyclic) bond motifs is 2. The molecule has 1 heterocycles.